The van der Waals surface area contributed by atoms with Gasteiger partial charge in [-0.15, -0.1) is 0 Å². The van der Waals surface area contributed by atoms with E-state index in [1.54, 1.807) is 29.2 Å². The Morgan fingerprint density at radius 3 is 2.38 bits per heavy atom. The molecule has 10 heteroatoms. The van der Waals surface area contributed by atoms with E-state index >= 15 is 0 Å². The average molecular weight is 450 g/mol. The smallest absolute Gasteiger partial charge is 0.396 e. The number of amidine groups is 2. The van der Waals surface area contributed by atoms with Crippen LogP contribution in [-0.2, 0) is 4.79 Å². The summed E-state index contributed by atoms with van der Waals surface area (Å²) in [6, 6.07) is 6.54. The molecule has 32 heavy (non-hydrogen) atoms. The van der Waals surface area contributed by atoms with Gasteiger partial charge in [0.2, 0.25) is 5.78 Å². The van der Waals surface area contributed by atoms with Crippen LogP contribution in [0, 0.1) is 5.41 Å². The van der Waals surface area contributed by atoms with Crippen LogP contribution in [0.2, 0.25) is 0 Å². The number of piperidine rings is 1. The monoisotopic (exact) mass is 450 g/mol. The molecule has 0 radical (unpaired) electrons. The van der Waals surface area contributed by atoms with E-state index in [1.165, 1.54) is 0 Å². The van der Waals surface area contributed by atoms with Crippen LogP contribution in [0.1, 0.15) is 36.5 Å². The Morgan fingerprint density at radius 1 is 1.12 bits per heavy atom. The zero-order chi connectivity index (χ0) is 22.9. The highest BCUT2D eigenvalue weighted by Crippen LogP contribution is 2.41. The highest BCUT2D eigenvalue weighted by atomic mass is 19.4. The molecule has 0 N–H and O–H groups in total. The minimum absolute atomic E-state index is 0.00820. The van der Waals surface area contributed by atoms with E-state index in [-0.39, 0.29) is 17.8 Å². The number of halogens is 3. The number of likely N-dealkylation sites (tertiary alicyclic amines) is 2. The van der Waals surface area contributed by atoms with E-state index in [2.05, 4.69) is 9.98 Å². The van der Waals surface area contributed by atoms with E-state index < -0.39 is 24.3 Å². The molecule has 0 unspecified atom stereocenters. The molecule has 0 aliphatic carbocycles. The predicted octanol–water partition coefficient (Wildman–Crippen LogP) is 2.96. The molecule has 1 aromatic carbocycles. The molecule has 3 aliphatic rings. The first kappa shape index (κ1) is 22.3. The maximum absolute atomic E-state index is 12.7. The van der Waals surface area contributed by atoms with Crippen LogP contribution in [0.4, 0.5) is 13.2 Å². The van der Waals surface area contributed by atoms with E-state index in [0.29, 0.717) is 49.9 Å². The maximum atomic E-state index is 12.7. The van der Waals surface area contributed by atoms with E-state index in [4.69, 9.17) is 4.74 Å². The molecule has 3 heterocycles. The minimum Gasteiger partial charge on any atom is -0.494 e. The van der Waals surface area contributed by atoms with Crippen molar-refractivity contribution < 1.29 is 27.5 Å². The van der Waals surface area contributed by atoms with Crippen molar-refractivity contribution in [1.82, 2.24) is 9.80 Å². The molecule has 3 aliphatic heterocycles. The van der Waals surface area contributed by atoms with Gasteiger partial charge in [-0.2, -0.15) is 13.2 Å². The summed E-state index contributed by atoms with van der Waals surface area (Å²) in [5.41, 5.74) is 0.344. The summed E-state index contributed by atoms with van der Waals surface area (Å²) in [6.07, 6.45) is -3.92. The summed E-state index contributed by atoms with van der Waals surface area (Å²) in [7, 11) is 0. The van der Waals surface area contributed by atoms with Crippen molar-refractivity contribution in [1.29, 1.82) is 0 Å². The van der Waals surface area contributed by atoms with Gasteiger partial charge in [-0.1, -0.05) is 0 Å². The standard InChI is InChI=1S/C22H25F3N4O3/c1-2-32-16-5-3-15(4-6-16)19(30)20(31)28-9-7-21(8-10-28)13-29(14-21)18-12-26-17(27-18)11-22(23,24)25/h3-6H,2,7-14H2,1H3. The number of hydrogen-bond donors (Lipinski definition) is 0. The fraction of sp³-hybridized carbons (Fsp3) is 0.545. The highest BCUT2D eigenvalue weighted by Gasteiger charge is 2.47. The lowest BCUT2D eigenvalue weighted by Crippen LogP contribution is -2.62. The first-order valence-corrected chi connectivity index (χ1v) is 10.7. The molecule has 0 aromatic heterocycles. The molecular weight excluding hydrogens is 425 g/mol. The SMILES string of the molecule is CCOc1ccc(C(=O)C(=O)N2CCC3(CC2)CN(C2=NC(CC(F)(F)F)=NC2)C3)cc1. The second kappa shape index (κ2) is 8.55. The third-order valence-corrected chi connectivity index (χ3v) is 6.17. The zero-order valence-corrected chi connectivity index (χ0v) is 17.8. The quantitative estimate of drug-likeness (QED) is 0.511. The van der Waals surface area contributed by atoms with Gasteiger partial charge < -0.3 is 14.5 Å². The number of ether oxygens (including phenoxy) is 1. The summed E-state index contributed by atoms with van der Waals surface area (Å²) in [4.78, 5) is 36.7. The normalized spacial score (nSPS) is 20.0. The average Bonchev–Trinajstić information content (AvgIpc) is 3.18. The molecule has 2 saturated heterocycles. The minimum atomic E-state index is -4.31. The summed E-state index contributed by atoms with van der Waals surface area (Å²) in [6.45, 7) is 4.92. The molecule has 1 amide bonds. The van der Waals surface area contributed by atoms with Crippen LogP contribution in [0.15, 0.2) is 34.3 Å². The van der Waals surface area contributed by atoms with Crippen molar-refractivity contribution in [3.8, 4) is 5.75 Å². The predicted molar refractivity (Wildman–Crippen MR) is 112 cm³/mol. The van der Waals surface area contributed by atoms with E-state index in [1.807, 2.05) is 11.8 Å². The van der Waals surface area contributed by atoms with Crippen molar-refractivity contribution in [2.24, 2.45) is 15.4 Å². The number of carbonyl (C=O) groups is 2. The number of rotatable bonds is 5. The molecule has 0 atom stereocenters. The topological polar surface area (TPSA) is 74.6 Å². The molecular formula is C22H25F3N4O3. The number of hydrogen-bond acceptors (Lipinski definition) is 6. The van der Waals surface area contributed by atoms with Gasteiger partial charge in [0.25, 0.3) is 5.91 Å². The van der Waals surface area contributed by atoms with Gasteiger partial charge in [-0.3, -0.25) is 14.6 Å². The number of nitrogens with zero attached hydrogens (tertiary/aromatic N) is 4. The number of amides is 1. The first-order valence-electron chi connectivity index (χ1n) is 10.7. The second-order valence-electron chi connectivity index (χ2n) is 8.49. The highest BCUT2D eigenvalue weighted by molar-refractivity contribution is 6.42. The van der Waals surface area contributed by atoms with Crippen molar-refractivity contribution >= 4 is 23.4 Å². The van der Waals surface area contributed by atoms with E-state index in [0.717, 1.165) is 12.8 Å². The second-order valence-corrected chi connectivity index (χ2v) is 8.49. The molecule has 2 fully saturated rings. The number of carbonyl (C=O) groups excluding carboxylic acids is 2. The zero-order valence-electron chi connectivity index (χ0n) is 17.8. The molecule has 4 rings (SSSR count). The Morgan fingerprint density at radius 2 is 1.78 bits per heavy atom. The summed E-state index contributed by atoms with van der Waals surface area (Å²) < 4.78 is 42.9. The van der Waals surface area contributed by atoms with Crippen LogP contribution in [0.3, 0.4) is 0 Å². The lowest BCUT2D eigenvalue weighted by molar-refractivity contribution is -0.130. The van der Waals surface area contributed by atoms with Gasteiger partial charge in [0.15, 0.2) is 0 Å². The fourth-order valence-corrected chi connectivity index (χ4v) is 4.41. The summed E-state index contributed by atoms with van der Waals surface area (Å²) >= 11 is 0. The Kier molecular flexibility index (Phi) is 5.96. The number of ketones is 1. The van der Waals surface area contributed by atoms with Crippen LogP contribution >= 0.6 is 0 Å². The van der Waals surface area contributed by atoms with Crippen molar-refractivity contribution in [2.45, 2.75) is 32.4 Å². The Bertz CT molecular complexity index is 940. The van der Waals surface area contributed by atoms with E-state index in [9.17, 15) is 22.8 Å². The van der Waals surface area contributed by atoms with Crippen LogP contribution < -0.4 is 4.74 Å². The van der Waals surface area contributed by atoms with Crippen molar-refractivity contribution in [3.63, 3.8) is 0 Å². The van der Waals surface area contributed by atoms with Crippen LogP contribution in [-0.4, -0.2) is 78.7 Å². The van der Waals surface area contributed by atoms with Crippen molar-refractivity contribution in [2.75, 3.05) is 39.3 Å². The number of Topliss-reactive ketones (excluding diaryl/α,β-unsaturated/α-hetero) is 1. The van der Waals surface area contributed by atoms with Gasteiger partial charge in [0.05, 0.1) is 13.2 Å². The fourth-order valence-electron chi connectivity index (χ4n) is 4.41. The van der Waals surface area contributed by atoms with Crippen LogP contribution in [0.5, 0.6) is 5.75 Å². The third kappa shape index (κ3) is 4.78. The largest absolute Gasteiger partial charge is 0.494 e. The van der Waals surface area contributed by atoms with Gasteiger partial charge in [-0.05, 0) is 44.0 Å². The van der Waals surface area contributed by atoms with Crippen LogP contribution in [0.25, 0.3) is 0 Å². The third-order valence-electron chi connectivity index (χ3n) is 6.17. The van der Waals surface area contributed by atoms with Gasteiger partial charge >= 0.3 is 6.18 Å². The first-order chi connectivity index (χ1) is 15.2. The lowest BCUT2D eigenvalue weighted by atomic mass is 9.72. The summed E-state index contributed by atoms with van der Waals surface area (Å²) in [5.74, 6) is 0.0221. The molecule has 0 saturated carbocycles. The maximum Gasteiger partial charge on any atom is 0.396 e. The number of benzene rings is 1. The Balaban J connectivity index is 1.26. The summed E-state index contributed by atoms with van der Waals surface area (Å²) in [5, 5.41) is 0. The molecule has 1 aromatic rings. The van der Waals surface area contributed by atoms with Gasteiger partial charge in [0.1, 0.15) is 23.8 Å². The molecule has 7 nitrogen and oxygen atoms in total. The van der Waals surface area contributed by atoms with Crippen molar-refractivity contribution in [3.05, 3.63) is 29.8 Å². The van der Waals surface area contributed by atoms with Gasteiger partial charge in [-0.25, -0.2) is 4.99 Å². The molecule has 1 spiro atoms. The number of alkyl halides is 3. The molecule has 0 bridgehead atoms. The lowest BCUT2D eigenvalue weighted by Gasteiger charge is -2.54. The Labute approximate surface area is 183 Å². The Hall–Kier alpha value is -2.91. The van der Waals surface area contributed by atoms with Gasteiger partial charge in [0, 0.05) is 37.2 Å². The molecule has 172 valence electrons. The number of aliphatic imine (C=N–C) groups is 2.